The van der Waals surface area contributed by atoms with Crippen molar-refractivity contribution in [3.05, 3.63) is 45.8 Å². The van der Waals surface area contributed by atoms with Crippen molar-refractivity contribution in [1.82, 2.24) is 4.98 Å². The van der Waals surface area contributed by atoms with Crippen LogP contribution in [0, 0.1) is 0 Å². The van der Waals surface area contributed by atoms with Crippen LogP contribution in [0.3, 0.4) is 0 Å². The average Bonchev–Trinajstić information content (AvgIpc) is 2.90. The van der Waals surface area contributed by atoms with Gasteiger partial charge in [-0.2, -0.15) is 0 Å². The smallest absolute Gasteiger partial charge is 0.129 e. The van der Waals surface area contributed by atoms with Crippen LogP contribution in [0.25, 0.3) is 0 Å². The van der Waals surface area contributed by atoms with E-state index in [0.29, 0.717) is 0 Å². The number of rotatable bonds is 5. The van der Waals surface area contributed by atoms with Crippen molar-refractivity contribution < 1.29 is 5.11 Å². The molecule has 0 aliphatic rings. The molecule has 0 aromatic carbocycles. The monoisotopic (exact) mass is 262 g/mol. The first-order valence-corrected chi connectivity index (χ1v) is 6.95. The van der Waals surface area contributed by atoms with Crippen LogP contribution in [-0.4, -0.2) is 17.1 Å². The van der Waals surface area contributed by atoms with E-state index in [0.717, 1.165) is 30.0 Å². The van der Waals surface area contributed by atoms with Gasteiger partial charge in [0.05, 0.1) is 13.2 Å². The molecule has 2 heterocycles. The Morgan fingerprint density at radius 2 is 2.22 bits per heavy atom. The Labute approximate surface area is 112 Å². The third-order valence-electron chi connectivity index (χ3n) is 2.83. The van der Waals surface area contributed by atoms with Gasteiger partial charge in [-0.1, -0.05) is 13.0 Å². The van der Waals surface area contributed by atoms with Gasteiger partial charge in [0.1, 0.15) is 5.82 Å². The Morgan fingerprint density at radius 1 is 1.39 bits per heavy atom. The zero-order valence-corrected chi connectivity index (χ0v) is 11.6. The molecule has 4 heteroatoms. The van der Waals surface area contributed by atoms with Gasteiger partial charge >= 0.3 is 0 Å². The third kappa shape index (κ3) is 3.09. The zero-order chi connectivity index (χ0) is 13.0. The summed E-state index contributed by atoms with van der Waals surface area (Å²) in [5, 5.41) is 11.4. The molecule has 0 bridgehead atoms. The molecule has 0 saturated carbocycles. The fourth-order valence-corrected chi connectivity index (χ4v) is 2.58. The van der Waals surface area contributed by atoms with E-state index < -0.39 is 0 Å². The van der Waals surface area contributed by atoms with Crippen molar-refractivity contribution in [2.75, 3.05) is 11.9 Å². The van der Waals surface area contributed by atoms with E-state index in [1.165, 1.54) is 4.88 Å². The lowest BCUT2D eigenvalue weighted by molar-refractivity contribution is 0.281. The van der Waals surface area contributed by atoms with E-state index in [-0.39, 0.29) is 6.61 Å². The molecule has 18 heavy (non-hydrogen) atoms. The summed E-state index contributed by atoms with van der Waals surface area (Å²) in [4.78, 5) is 8.03. The minimum atomic E-state index is 0.0648. The second-order valence-electron chi connectivity index (χ2n) is 4.27. The summed E-state index contributed by atoms with van der Waals surface area (Å²) in [5.41, 5.74) is 1.95. The minimum absolute atomic E-state index is 0.0648. The highest BCUT2D eigenvalue weighted by Gasteiger charge is 2.07. The number of pyridine rings is 1. The fourth-order valence-electron chi connectivity index (χ4n) is 1.82. The van der Waals surface area contributed by atoms with Crippen molar-refractivity contribution in [2.24, 2.45) is 0 Å². The molecule has 2 aromatic heterocycles. The maximum absolute atomic E-state index is 9.28. The standard InChI is InChI=1S/C14H18N2OS/c1-3-12-7-11(10-17)8-14(15-12)16(2)9-13-5-4-6-18-13/h4-8,17H,3,9-10H2,1-2H3. The molecule has 0 spiro atoms. The summed E-state index contributed by atoms with van der Waals surface area (Å²) in [6.45, 7) is 2.99. The third-order valence-corrected chi connectivity index (χ3v) is 3.69. The van der Waals surface area contributed by atoms with Crippen LogP contribution in [0.2, 0.25) is 0 Å². The van der Waals surface area contributed by atoms with Crippen LogP contribution in [0.4, 0.5) is 5.82 Å². The van der Waals surface area contributed by atoms with Crippen molar-refractivity contribution in [3.63, 3.8) is 0 Å². The number of anilines is 1. The van der Waals surface area contributed by atoms with Gasteiger partial charge in [-0.05, 0) is 35.6 Å². The SMILES string of the molecule is CCc1cc(CO)cc(N(C)Cc2cccs2)n1. The van der Waals surface area contributed by atoms with Crippen molar-refractivity contribution in [1.29, 1.82) is 0 Å². The molecule has 0 fully saturated rings. The lowest BCUT2D eigenvalue weighted by atomic mass is 10.2. The van der Waals surface area contributed by atoms with Gasteiger partial charge in [0, 0.05) is 17.6 Å². The number of hydrogen-bond donors (Lipinski definition) is 1. The predicted octanol–water partition coefficient (Wildman–Crippen LogP) is 2.83. The van der Waals surface area contributed by atoms with Crippen LogP contribution in [-0.2, 0) is 19.6 Å². The topological polar surface area (TPSA) is 36.4 Å². The molecular formula is C14H18N2OS. The van der Waals surface area contributed by atoms with Gasteiger partial charge in [0.2, 0.25) is 0 Å². The molecule has 96 valence electrons. The lowest BCUT2D eigenvalue weighted by Gasteiger charge is -2.19. The average molecular weight is 262 g/mol. The molecule has 2 aromatic rings. The highest BCUT2D eigenvalue weighted by Crippen LogP contribution is 2.18. The van der Waals surface area contributed by atoms with Crippen molar-refractivity contribution in [3.8, 4) is 0 Å². The first-order valence-electron chi connectivity index (χ1n) is 6.07. The number of aryl methyl sites for hydroxylation is 1. The molecule has 0 atom stereocenters. The zero-order valence-electron chi connectivity index (χ0n) is 10.8. The summed E-state index contributed by atoms with van der Waals surface area (Å²) in [5.74, 6) is 0.923. The fraction of sp³-hybridized carbons (Fsp3) is 0.357. The van der Waals surface area contributed by atoms with E-state index in [9.17, 15) is 5.11 Å². The Hall–Kier alpha value is -1.39. The van der Waals surface area contributed by atoms with E-state index in [4.69, 9.17) is 0 Å². The number of aromatic nitrogens is 1. The Balaban J connectivity index is 2.20. The summed E-state index contributed by atoms with van der Waals surface area (Å²) >= 11 is 1.75. The predicted molar refractivity (Wildman–Crippen MR) is 76.0 cm³/mol. The van der Waals surface area contributed by atoms with Crippen LogP contribution in [0.15, 0.2) is 29.6 Å². The first-order chi connectivity index (χ1) is 8.72. The van der Waals surface area contributed by atoms with Crippen molar-refractivity contribution in [2.45, 2.75) is 26.5 Å². The largest absolute Gasteiger partial charge is 0.392 e. The molecule has 0 aliphatic heterocycles. The Bertz CT molecular complexity index is 474. The second kappa shape index (κ2) is 5.98. The molecule has 2 rings (SSSR count). The van der Waals surface area contributed by atoms with Crippen LogP contribution >= 0.6 is 11.3 Å². The highest BCUT2D eigenvalue weighted by atomic mass is 32.1. The highest BCUT2D eigenvalue weighted by molar-refractivity contribution is 7.09. The lowest BCUT2D eigenvalue weighted by Crippen LogP contribution is -2.17. The van der Waals surface area contributed by atoms with Crippen LogP contribution < -0.4 is 4.90 Å². The van der Waals surface area contributed by atoms with E-state index >= 15 is 0 Å². The summed E-state index contributed by atoms with van der Waals surface area (Å²) < 4.78 is 0. The number of aliphatic hydroxyl groups is 1. The van der Waals surface area contributed by atoms with Gasteiger partial charge < -0.3 is 10.0 Å². The van der Waals surface area contributed by atoms with Crippen LogP contribution in [0.5, 0.6) is 0 Å². The molecule has 3 nitrogen and oxygen atoms in total. The van der Waals surface area contributed by atoms with Gasteiger partial charge in [-0.15, -0.1) is 11.3 Å². The molecule has 0 unspecified atom stereocenters. The first kappa shape index (κ1) is 13.1. The maximum atomic E-state index is 9.28. The number of aliphatic hydroxyl groups excluding tert-OH is 1. The second-order valence-corrected chi connectivity index (χ2v) is 5.30. The molecule has 0 aliphatic carbocycles. The molecule has 1 N–H and O–H groups in total. The Morgan fingerprint density at radius 3 is 2.83 bits per heavy atom. The summed E-state index contributed by atoms with van der Waals surface area (Å²) in [7, 11) is 2.03. The summed E-state index contributed by atoms with van der Waals surface area (Å²) in [6, 6.07) is 8.09. The minimum Gasteiger partial charge on any atom is -0.392 e. The number of nitrogens with zero attached hydrogens (tertiary/aromatic N) is 2. The van der Waals surface area contributed by atoms with Gasteiger partial charge in [0.15, 0.2) is 0 Å². The van der Waals surface area contributed by atoms with Gasteiger partial charge in [-0.25, -0.2) is 4.98 Å². The number of hydrogen-bond acceptors (Lipinski definition) is 4. The van der Waals surface area contributed by atoms with Crippen molar-refractivity contribution >= 4 is 17.2 Å². The molecule has 0 amide bonds. The molecule has 0 saturated heterocycles. The van der Waals surface area contributed by atoms with Gasteiger partial charge in [0.25, 0.3) is 0 Å². The van der Waals surface area contributed by atoms with Gasteiger partial charge in [-0.3, -0.25) is 0 Å². The number of thiophene rings is 1. The summed E-state index contributed by atoms with van der Waals surface area (Å²) in [6.07, 6.45) is 0.883. The quantitative estimate of drug-likeness (QED) is 0.900. The van der Waals surface area contributed by atoms with E-state index in [1.807, 2.05) is 19.2 Å². The van der Waals surface area contributed by atoms with Crippen LogP contribution in [0.1, 0.15) is 23.1 Å². The normalized spacial score (nSPS) is 10.6. The Kier molecular flexibility index (Phi) is 4.33. The molecular weight excluding hydrogens is 244 g/mol. The van der Waals surface area contributed by atoms with E-state index in [1.54, 1.807) is 11.3 Å². The maximum Gasteiger partial charge on any atom is 0.129 e. The molecule has 0 radical (unpaired) electrons. The van der Waals surface area contributed by atoms with E-state index in [2.05, 4.69) is 34.3 Å².